The number of aromatic nitrogens is 3. The fourth-order valence-corrected chi connectivity index (χ4v) is 10.7. The van der Waals surface area contributed by atoms with E-state index in [1.165, 1.54) is 12.1 Å². The van der Waals surface area contributed by atoms with Crippen LogP contribution in [-0.2, 0) is 51.2 Å². The Morgan fingerprint density at radius 2 is 1.61 bits per heavy atom. The second-order valence-corrected chi connectivity index (χ2v) is 22.1. The van der Waals surface area contributed by atoms with E-state index in [-0.39, 0.29) is 80.3 Å². The third-order valence-electron chi connectivity index (χ3n) is 15.2. The first-order chi connectivity index (χ1) is 39.4. The number of hydrogen-bond donors (Lipinski definition) is 6. The fraction of sp³-hybridized carbons (Fsp3) is 0.576. The first-order valence-electron chi connectivity index (χ1n) is 28.6. The van der Waals surface area contributed by atoms with E-state index < -0.39 is 29.4 Å². The highest BCUT2D eigenvalue weighted by molar-refractivity contribution is 5.96. The van der Waals surface area contributed by atoms with Crippen molar-refractivity contribution in [1.82, 2.24) is 51.1 Å². The van der Waals surface area contributed by atoms with Crippen molar-refractivity contribution < 1.29 is 52.0 Å². The lowest BCUT2D eigenvalue weighted by Gasteiger charge is -2.36. The monoisotopic (exact) mass is 1140 g/mol. The van der Waals surface area contributed by atoms with Gasteiger partial charge in [0.05, 0.1) is 108 Å². The van der Waals surface area contributed by atoms with Gasteiger partial charge in [0.15, 0.2) is 0 Å². The maximum absolute atomic E-state index is 14.7. The largest absolute Gasteiger partial charge is 0.481 e. The summed E-state index contributed by atoms with van der Waals surface area (Å²) in [5.41, 5.74) is 10.4. The Hall–Kier alpha value is -6.76. The number of nitrogens with zero attached hydrogens (tertiary/aromatic N) is 6. The number of rotatable bonds is 28. The van der Waals surface area contributed by atoms with Gasteiger partial charge in [0.25, 0.3) is 5.91 Å². The molecule has 7 rings (SSSR count). The summed E-state index contributed by atoms with van der Waals surface area (Å²) in [6.45, 7) is 14.2. The number of nitrogens with two attached hydrogens (primary N) is 1. The van der Waals surface area contributed by atoms with Crippen molar-refractivity contribution in [3.05, 3.63) is 89.0 Å². The van der Waals surface area contributed by atoms with Gasteiger partial charge in [-0.1, -0.05) is 58.0 Å². The Balaban J connectivity index is 0.782. The normalized spacial score (nSPS) is 18.1. The Morgan fingerprint density at radius 1 is 0.915 bits per heavy atom. The summed E-state index contributed by atoms with van der Waals surface area (Å²) < 4.78 is 45.1. The molecular weight excluding hydrogens is 1060 g/mol. The van der Waals surface area contributed by atoms with E-state index in [2.05, 4.69) is 36.5 Å². The minimum atomic E-state index is -0.854. The number of halogens is 1. The summed E-state index contributed by atoms with van der Waals surface area (Å²) >= 11 is 0. The number of methoxy groups -OCH3 is 1. The van der Waals surface area contributed by atoms with Crippen LogP contribution in [0.4, 0.5) is 15.9 Å². The van der Waals surface area contributed by atoms with Crippen molar-refractivity contribution in [2.75, 3.05) is 111 Å². The Bertz CT molecular complexity index is 2780. The van der Waals surface area contributed by atoms with Gasteiger partial charge in [0.2, 0.25) is 29.5 Å². The highest BCUT2D eigenvalue weighted by atomic mass is 19.1. The number of pyridine rings is 1. The standard InChI is InChI=1S/C59H85FN12O10/c1-9-45(39-14-11-10-12-15-39)66-55(75)49-34-42(36-71(49)57(77)52(59(3,4)5)67-54(74)38(2)62-6)63-21-25-80-27-29-82-31-30-81-28-26-79-24-19-50(73)64-20-23-72-58(78-8)51-40-32-48(53(61)65-35-40)70-22-13-16-47(70)44-33-41(60)17-18-43(44)56(76)69(7)37-46(51)68-72/h10-12,14-15,17-18,32-33,35,38,42,45,47,49,52,62-63H,9,13,16,19-31,34,36-37H2,1-8H3,(H2,61,65)(H,64,73)(H,66,75)(H,67,74)/t38-,42-,45+,47-,49-,52+/m1/s1. The van der Waals surface area contributed by atoms with Crippen LogP contribution in [0.15, 0.2) is 60.8 Å². The van der Waals surface area contributed by atoms with E-state index in [1.807, 2.05) is 64.1 Å². The smallest absolute Gasteiger partial charge is 0.254 e. The quantitative estimate of drug-likeness (QED) is 0.0437. The second-order valence-electron chi connectivity index (χ2n) is 22.1. The number of amides is 5. The molecule has 6 atom stereocenters. The maximum Gasteiger partial charge on any atom is 0.254 e. The first-order valence-corrected chi connectivity index (χ1v) is 28.6. The van der Waals surface area contributed by atoms with Crippen LogP contribution in [-0.4, -0.2) is 179 Å². The summed E-state index contributed by atoms with van der Waals surface area (Å²) in [4.78, 5) is 78.1. The molecule has 4 aromatic rings. The summed E-state index contributed by atoms with van der Waals surface area (Å²) in [6, 6.07) is 13.2. The second kappa shape index (κ2) is 30.0. The third-order valence-corrected chi connectivity index (χ3v) is 15.2. The molecule has 0 saturated carbocycles. The summed E-state index contributed by atoms with van der Waals surface area (Å²) in [6.07, 6.45) is 4.42. The Morgan fingerprint density at radius 3 is 2.28 bits per heavy atom. The number of nitrogen functional groups attached to an aromatic ring is 1. The van der Waals surface area contributed by atoms with Gasteiger partial charge >= 0.3 is 0 Å². The van der Waals surface area contributed by atoms with Gasteiger partial charge in [0.1, 0.15) is 23.7 Å². The molecule has 2 fully saturated rings. The molecule has 7 N–H and O–H groups in total. The zero-order valence-corrected chi connectivity index (χ0v) is 48.9. The number of likely N-dealkylation sites (tertiary alicyclic amines) is 1. The number of nitrogens with one attached hydrogen (secondary N) is 5. The van der Waals surface area contributed by atoms with Crippen LogP contribution in [0.25, 0.3) is 11.1 Å². The highest BCUT2D eigenvalue weighted by Gasteiger charge is 2.45. The Labute approximate surface area is 481 Å². The molecule has 2 saturated heterocycles. The van der Waals surface area contributed by atoms with E-state index in [0.29, 0.717) is 130 Å². The van der Waals surface area contributed by atoms with Gasteiger partial charge in [-0.05, 0) is 80.5 Å². The predicted molar refractivity (Wildman–Crippen MR) is 308 cm³/mol. The van der Waals surface area contributed by atoms with Crippen LogP contribution >= 0.6 is 0 Å². The molecule has 82 heavy (non-hydrogen) atoms. The number of likely N-dealkylation sites (N-methyl/N-ethyl adjacent to an activating group) is 1. The molecule has 5 heterocycles. The van der Waals surface area contributed by atoms with Gasteiger partial charge in [-0.25, -0.2) is 14.1 Å². The number of benzene rings is 2. The maximum atomic E-state index is 14.7. The lowest BCUT2D eigenvalue weighted by atomic mass is 9.85. The molecule has 448 valence electrons. The highest BCUT2D eigenvalue weighted by Crippen LogP contribution is 2.44. The van der Waals surface area contributed by atoms with Crippen molar-refractivity contribution >= 4 is 41.0 Å². The zero-order chi connectivity index (χ0) is 58.9. The minimum Gasteiger partial charge on any atom is -0.481 e. The van der Waals surface area contributed by atoms with Crippen LogP contribution in [0.3, 0.4) is 0 Å². The molecule has 3 aliphatic rings. The number of fused-ring (bicyclic) bond motifs is 8. The molecule has 0 unspecified atom stereocenters. The molecule has 22 nitrogen and oxygen atoms in total. The van der Waals surface area contributed by atoms with E-state index >= 15 is 0 Å². The van der Waals surface area contributed by atoms with Gasteiger partial charge in [-0.2, -0.15) is 5.10 Å². The average Bonchev–Trinajstić information content (AvgIpc) is 4.41. The zero-order valence-electron chi connectivity index (χ0n) is 48.9. The average molecular weight is 1140 g/mol. The van der Waals surface area contributed by atoms with Crippen LogP contribution in [0.5, 0.6) is 5.88 Å². The molecule has 2 aromatic heterocycles. The van der Waals surface area contributed by atoms with Crippen LogP contribution in [0, 0.1) is 11.2 Å². The number of carbonyl (C=O) groups is 5. The molecular formula is C59H85FN12O10. The SMILES string of the molecule is CC[C@H](NC(=O)[C@H]1C[C@@H](NCCOCCOCCOCCOCCC(=O)NCCn2nc3c(c2OC)-c2cnc(N)c(c2)N2CCC[C@@H]2c2cc(F)ccc2C(=O)N(C)C3)CN1C(=O)[C@H](NC(=O)[C@@H](C)NC)C(C)(C)C)c1ccccc1. The third kappa shape index (κ3) is 16.3. The van der Waals surface area contributed by atoms with Crippen LogP contribution in [0.1, 0.15) is 106 Å². The fourth-order valence-electron chi connectivity index (χ4n) is 10.7. The van der Waals surface area contributed by atoms with Crippen LogP contribution < -0.4 is 42.0 Å². The van der Waals surface area contributed by atoms with Crippen molar-refractivity contribution in [3.8, 4) is 17.0 Å². The van der Waals surface area contributed by atoms with Gasteiger partial charge in [-0.3, -0.25) is 24.0 Å². The number of carbonyl (C=O) groups excluding carboxylic acids is 5. The molecule has 0 aliphatic carbocycles. The van der Waals surface area contributed by atoms with E-state index in [9.17, 15) is 28.4 Å². The molecule has 23 heteroatoms. The summed E-state index contributed by atoms with van der Waals surface area (Å²) in [7, 11) is 4.92. The minimum absolute atomic E-state index is 0.120. The molecule has 2 aromatic carbocycles. The molecule has 5 amide bonds. The number of hydrogen-bond acceptors (Lipinski definition) is 16. The lowest BCUT2D eigenvalue weighted by molar-refractivity contribution is -0.144. The van der Waals surface area contributed by atoms with Crippen molar-refractivity contribution in [1.29, 1.82) is 0 Å². The molecule has 0 radical (unpaired) electrons. The van der Waals surface area contributed by atoms with Gasteiger partial charge < -0.3 is 70.7 Å². The van der Waals surface area contributed by atoms with Crippen LogP contribution in [0.2, 0.25) is 0 Å². The predicted octanol–water partition coefficient (Wildman–Crippen LogP) is 4.14. The topological polar surface area (TPSA) is 258 Å². The number of anilines is 2. The van der Waals surface area contributed by atoms with Gasteiger partial charge in [0, 0.05) is 63.0 Å². The van der Waals surface area contributed by atoms with Crippen molar-refractivity contribution in [2.24, 2.45) is 5.41 Å². The molecule has 3 aliphatic heterocycles. The Kier molecular flexibility index (Phi) is 23.0. The summed E-state index contributed by atoms with van der Waals surface area (Å²) in [5, 5.41) is 20.3. The van der Waals surface area contributed by atoms with E-state index in [4.69, 9.17) is 34.5 Å². The van der Waals surface area contributed by atoms with Crippen molar-refractivity contribution in [2.45, 2.75) is 116 Å². The summed E-state index contributed by atoms with van der Waals surface area (Å²) in [5.74, 6) is -0.964. The van der Waals surface area contributed by atoms with Gasteiger partial charge in [-0.15, -0.1) is 0 Å². The first kappa shape index (κ1) is 62.8. The molecule has 2 bridgehead atoms. The molecule has 0 spiro atoms. The number of ether oxygens (including phenoxy) is 5. The van der Waals surface area contributed by atoms with E-state index in [1.54, 1.807) is 54.9 Å². The van der Waals surface area contributed by atoms with E-state index in [0.717, 1.165) is 12.0 Å². The van der Waals surface area contributed by atoms with Crippen molar-refractivity contribution in [3.63, 3.8) is 0 Å². The lowest BCUT2D eigenvalue weighted by Crippen LogP contribution is -2.59.